The summed E-state index contributed by atoms with van der Waals surface area (Å²) in [6.07, 6.45) is 4.01. The first-order valence-electron chi connectivity index (χ1n) is 7.26. The van der Waals surface area contributed by atoms with Gasteiger partial charge >= 0.3 is 0 Å². The van der Waals surface area contributed by atoms with Gasteiger partial charge in [0, 0.05) is 6.54 Å². The van der Waals surface area contributed by atoms with Crippen LogP contribution >= 0.6 is 0 Å². The fraction of sp³-hybridized carbons (Fsp3) is 0.800. The molecular weight excluding hydrogens is 238 g/mol. The molecule has 1 aromatic rings. The van der Waals surface area contributed by atoms with Gasteiger partial charge in [-0.1, -0.05) is 27.7 Å². The number of nitrogens with zero attached hydrogens (tertiary/aromatic N) is 2. The summed E-state index contributed by atoms with van der Waals surface area (Å²) in [5.41, 5.74) is 1.44. The molecule has 0 amide bonds. The van der Waals surface area contributed by atoms with Gasteiger partial charge in [0.1, 0.15) is 0 Å². The van der Waals surface area contributed by atoms with Crippen LogP contribution in [0.2, 0.25) is 0 Å². The Morgan fingerprint density at radius 2 is 2.05 bits per heavy atom. The number of ether oxygens (including phenoxy) is 1. The molecule has 0 radical (unpaired) electrons. The number of nitrogens with one attached hydrogen (secondary N) is 1. The van der Waals surface area contributed by atoms with Crippen LogP contribution < -0.4 is 10.1 Å². The number of rotatable bonds is 7. The molecule has 4 nitrogen and oxygen atoms in total. The lowest BCUT2D eigenvalue weighted by molar-refractivity contribution is 0.294. The molecule has 1 aromatic heterocycles. The van der Waals surface area contributed by atoms with E-state index in [4.69, 9.17) is 4.74 Å². The van der Waals surface area contributed by atoms with Crippen molar-refractivity contribution in [2.24, 2.45) is 5.41 Å². The quantitative estimate of drug-likeness (QED) is 0.823. The van der Waals surface area contributed by atoms with Crippen LogP contribution in [-0.2, 0) is 6.54 Å². The first-order valence-corrected chi connectivity index (χ1v) is 7.26. The first kappa shape index (κ1) is 16.0. The van der Waals surface area contributed by atoms with Crippen molar-refractivity contribution < 1.29 is 4.74 Å². The third kappa shape index (κ3) is 4.53. The van der Waals surface area contributed by atoms with Crippen molar-refractivity contribution >= 4 is 0 Å². The van der Waals surface area contributed by atoms with Crippen molar-refractivity contribution in [3.05, 3.63) is 11.9 Å². The molecule has 0 fully saturated rings. The van der Waals surface area contributed by atoms with Crippen molar-refractivity contribution in [2.75, 3.05) is 13.7 Å². The van der Waals surface area contributed by atoms with E-state index in [0.29, 0.717) is 0 Å². The average Bonchev–Trinajstić information content (AvgIpc) is 2.75. The largest absolute Gasteiger partial charge is 0.493 e. The Morgan fingerprint density at radius 1 is 1.37 bits per heavy atom. The SMILES string of the molecule is CCCNC(CC(C)(C)C)c1c(OC)cnn1CC. The Morgan fingerprint density at radius 3 is 2.53 bits per heavy atom. The van der Waals surface area contributed by atoms with Gasteiger partial charge in [-0.15, -0.1) is 0 Å². The lowest BCUT2D eigenvalue weighted by Gasteiger charge is -2.28. The fourth-order valence-corrected chi connectivity index (χ4v) is 2.33. The first-order chi connectivity index (χ1) is 8.92. The van der Waals surface area contributed by atoms with Crippen molar-refractivity contribution in [1.82, 2.24) is 15.1 Å². The minimum absolute atomic E-state index is 0.263. The van der Waals surface area contributed by atoms with E-state index in [9.17, 15) is 0 Å². The number of hydrogen-bond donors (Lipinski definition) is 1. The van der Waals surface area contributed by atoms with E-state index in [-0.39, 0.29) is 11.5 Å². The third-order valence-electron chi connectivity index (χ3n) is 3.15. The average molecular weight is 267 g/mol. The highest BCUT2D eigenvalue weighted by atomic mass is 16.5. The smallest absolute Gasteiger partial charge is 0.161 e. The van der Waals surface area contributed by atoms with Crippen LogP contribution in [0.1, 0.15) is 59.2 Å². The molecular formula is C15H29N3O. The van der Waals surface area contributed by atoms with Gasteiger partial charge in [-0.3, -0.25) is 4.68 Å². The van der Waals surface area contributed by atoms with Crippen LogP contribution in [0.4, 0.5) is 0 Å². The summed E-state index contributed by atoms with van der Waals surface area (Å²) in [4.78, 5) is 0. The van der Waals surface area contributed by atoms with Gasteiger partial charge in [0.25, 0.3) is 0 Å². The lowest BCUT2D eigenvalue weighted by Crippen LogP contribution is -2.29. The summed E-state index contributed by atoms with van der Waals surface area (Å²) in [7, 11) is 1.72. The Kier molecular flexibility index (Phi) is 5.85. The molecule has 0 aliphatic heterocycles. The molecule has 0 aliphatic carbocycles. The van der Waals surface area contributed by atoms with Gasteiger partial charge in [-0.2, -0.15) is 5.10 Å². The van der Waals surface area contributed by atoms with E-state index in [1.165, 1.54) is 5.69 Å². The zero-order chi connectivity index (χ0) is 14.5. The Bertz CT molecular complexity index is 358. The van der Waals surface area contributed by atoms with Gasteiger partial charge in [0.2, 0.25) is 0 Å². The summed E-state index contributed by atoms with van der Waals surface area (Å²) in [6, 6.07) is 0.289. The molecule has 110 valence electrons. The van der Waals surface area contributed by atoms with Gasteiger partial charge in [-0.25, -0.2) is 0 Å². The standard InChI is InChI=1S/C15H29N3O/c1-7-9-16-12(10-15(3,4)5)14-13(19-6)11-17-18(14)8-2/h11-12,16H,7-10H2,1-6H3. The molecule has 1 rings (SSSR count). The van der Waals surface area contributed by atoms with Crippen molar-refractivity contribution in [3.8, 4) is 5.75 Å². The van der Waals surface area contributed by atoms with Crippen LogP contribution in [0.3, 0.4) is 0 Å². The summed E-state index contributed by atoms with van der Waals surface area (Å²) in [5, 5.41) is 8.05. The second-order valence-corrected chi connectivity index (χ2v) is 6.19. The molecule has 4 heteroatoms. The monoisotopic (exact) mass is 267 g/mol. The van der Waals surface area contributed by atoms with Gasteiger partial charge in [0.05, 0.1) is 25.0 Å². The van der Waals surface area contributed by atoms with Gasteiger partial charge in [-0.05, 0) is 31.7 Å². The van der Waals surface area contributed by atoms with E-state index >= 15 is 0 Å². The number of aryl methyl sites for hydroxylation is 1. The highest BCUT2D eigenvalue weighted by Gasteiger charge is 2.25. The zero-order valence-corrected chi connectivity index (χ0v) is 13.3. The predicted octanol–water partition coefficient (Wildman–Crippen LogP) is 3.39. The number of methoxy groups -OCH3 is 1. The van der Waals surface area contributed by atoms with Crippen molar-refractivity contribution in [1.29, 1.82) is 0 Å². The zero-order valence-electron chi connectivity index (χ0n) is 13.3. The van der Waals surface area contributed by atoms with Crippen molar-refractivity contribution in [3.63, 3.8) is 0 Å². The summed E-state index contributed by atoms with van der Waals surface area (Å²) in [6.45, 7) is 13.0. The molecule has 0 saturated carbocycles. The highest BCUT2D eigenvalue weighted by molar-refractivity contribution is 5.28. The summed E-state index contributed by atoms with van der Waals surface area (Å²) in [5.74, 6) is 0.889. The van der Waals surface area contributed by atoms with E-state index in [1.807, 2.05) is 10.9 Å². The highest BCUT2D eigenvalue weighted by Crippen LogP contribution is 2.34. The molecule has 1 heterocycles. The van der Waals surface area contributed by atoms with Crippen molar-refractivity contribution in [2.45, 2.75) is 60.0 Å². The molecule has 0 aromatic carbocycles. The lowest BCUT2D eigenvalue weighted by atomic mass is 9.86. The van der Waals surface area contributed by atoms with E-state index in [2.05, 4.69) is 45.0 Å². The van der Waals surface area contributed by atoms with Crippen LogP contribution in [0.5, 0.6) is 5.75 Å². The molecule has 0 spiro atoms. The van der Waals surface area contributed by atoms with Gasteiger partial charge < -0.3 is 10.1 Å². The normalized spacial score (nSPS) is 13.6. The Hall–Kier alpha value is -1.03. The van der Waals surface area contributed by atoms with E-state index < -0.39 is 0 Å². The Labute approximate surface area is 117 Å². The Balaban J connectivity index is 3.04. The molecule has 1 atom stereocenters. The number of aromatic nitrogens is 2. The molecule has 1 unspecified atom stereocenters. The van der Waals surface area contributed by atoms with Crippen LogP contribution in [0.25, 0.3) is 0 Å². The van der Waals surface area contributed by atoms with Crippen LogP contribution in [0, 0.1) is 5.41 Å². The predicted molar refractivity (Wildman–Crippen MR) is 79.6 cm³/mol. The van der Waals surface area contributed by atoms with Crippen LogP contribution in [0.15, 0.2) is 6.20 Å². The molecule has 0 aliphatic rings. The fourth-order valence-electron chi connectivity index (χ4n) is 2.33. The van der Waals surface area contributed by atoms with E-state index in [1.54, 1.807) is 7.11 Å². The summed E-state index contributed by atoms with van der Waals surface area (Å²) >= 11 is 0. The van der Waals surface area contributed by atoms with E-state index in [0.717, 1.165) is 31.7 Å². The molecule has 0 bridgehead atoms. The summed E-state index contributed by atoms with van der Waals surface area (Å²) < 4.78 is 7.52. The minimum Gasteiger partial charge on any atom is -0.493 e. The second-order valence-electron chi connectivity index (χ2n) is 6.19. The number of hydrogen-bond acceptors (Lipinski definition) is 3. The maximum Gasteiger partial charge on any atom is 0.161 e. The maximum absolute atomic E-state index is 5.48. The third-order valence-corrected chi connectivity index (χ3v) is 3.15. The second kappa shape index (κ2) is 6.94. The molecule has 1 N–H and O–H groups in total. The topological polar surface area (TPSA) is 39.1 Å². The molecule has 19 heavy (non-hydrogen) atoms. The molecule has 0 saturated heterocycles. The van der Waals surface area contributed by atoms with Crippen LogP contribution in [-0.4, -0.2) is 23.4 Å². The van der Waals surface area contributed by atoms with Gasteiger partial charge in [0.15, 0.2) is 5.75 Å². The maximum atomic E-state index is 5.48. The minimum atomic E-state index is 0.263.